The van der Waals surface area contributed by atoms with Gasteiger partial charge >= 0.3 is 0 Å². The van der Waals surface area contributed by atoms with Gasteiger partial charge in [0.1, 0.15) is 5.54 Å². The van der Waals surface area contributed by atoms with Crippen LogP contribution < -0.4 is 10.2 Å². The number of nitrogens with zero attached hydrogens (tertiary/aromatic N) is 1. The number of hydrogen-bond acceptors (Lipinski definition) is 2. The van der Waals surface area contributed by atoms with Crippen LogP contribution in [0.25, 0.3) is 10.8 Å². The molecular weight excluding hydrogens is 372 g/mol. The highest BCUT2D eigenvalue weighted by Crippen LogP contribution is 2.31. The summed E-state index contributed by atoms with van der Waals surface area (Å²) in [5, 5.41) is 5.62. The van der Waals surface area contributed by atoms with Gasteiger partial charge in [0.05, 0.1) is 5.69 Å². The van der Waals surface area contributed by atoms with E-state index in [0.29, 0.717) is 18.0 Å². The fourth-order valence-corrected chi connectivity index (χ4v) is 4.10. The normalized spacial score (nSPS) is 20.1. The Kier molecular flexibility index (Phi) is 4.82. The Morgan fingerprint density at radius 3 is 2.61 bits per heavy atom. The summed E-state index contributed by atoms with van der Waals surface area (Å²) in [6, 6.07) is 21.3. The summed E-state index contributed by atoms with van der Waals surface area (Å²) >= 11 is 6.11. The minimum atomic E-state index is -1.05. The van der Waals surface area contributed by atoms with Gasteiger partial charge in [0.15, 0.2) is 0 Å². The monoisotopic (exact) mass is 392 g/mol. The Hall–Kier alpha value is -2.85. The van der Waals surface area contributed by atoms with Crippen LogP contribution in [0.15, 0.2) is 66.7 Å². The summed E-state index contributed by atoms with van der Waals surface area (Å²) in [6.07, 6.45) is 0.638. The third-order valence-corrected chi connectivity index (χ3v) is 5.43. The molecule has 1 aliphatic rings. The lowest BCUT2D eigenvalue weighted by molar-refractivity contribution is -0.129. The maximum atomic E-state index is 13.6. The highest BCUT2D eigenvalue weighted by atomic mass is 35.5. The van der Waals surface area contributed by atoms with Gasteiger partial charge in [-0.2, -0.15) is 0 Å². The number of anilines is 1. The predicted octanol–water partition coefficient (Wildman–Crippen LogP) is 4.35. The zero-order chi connectivity index (χ0) is 19.7. The second-order valence-corrected chi connectivity index (χ2v) is 7.83. The molecule has 1 heterocycles. The van der Waals surface area contributed by atoms with Crippen LogP contribution in [0.5, 0.6) is 0 Å². The quantitative estimate of drug-likeness (QED) is 0.720. The first-order valence-corrected chi connectivity index (χ1v) is 9.69. The van der Waals surface area contributed by atoms with E-state index in [2.05, 4.69) is 5.32 Å². The van der Waals surface area contributed by atoms with Gasteiger partial charge in [0, 0.05) is 29.8 Å². The topological polar surface area (TPSA) is 49.4 Å². The molecule has 4 rings (SSSR count). The van der Waals surface area contributed by atoms with Crippen LogP contribution in [0.4, 0.5) is 5.69 Å². The van der Waals surface area contributed by atoms with E-state index in [4.69, 9.17) is 11.6 Å². The molecule has 28 heavy (non-hydrogen) atoms. The summed E-state index contributed by atoms with van der Waals surface area (Å²) in [5.41, 5.74) is 0.690. The number of carbonyl (C=O) groups excluding carboxylic acids is 2. The second kappa shape index (κ2) is 7.28. The smallest absolute Gasteiger partial charge is 0.252 e. The van der Waals surface area contributed by atoms with Crippen molar-refractivity contribution in [1.29, 1.82) is 0 Å². The van der Waals surface area contributed by atoms with Crippen LogP contribution in [0, 0.1) is 0 Å². The summed E-state index contributed by atoms with van der Waals surface area (Å²) < 4.78 is 0. The molecule has 0 aromatic heterocycles. The van der Waals surface area contributed by atoms with Gasteiger partial charge in [-0.05, 0) is 36.1 Å². The van der Waals surface area contributed by atoms with Crippen LogP contribution in [-0.4, -0.2) is 23.9 Å². The molecule has 4 nitrogen and oxygen atoms in total. The fourth-order valence-electron chi connectivity index (χ4n) is 3.88. The van der Waals surface area contributed by atoms with Gasteiger partial charge in [0.2, 0.25) is 5.91 Å². The molecular formula is C23H21ClN2O2. The van der Waals surface area contributed by atoms with Crippen molar-refractivity contribution in [2.45, 2.75) is 25.3 Å². The average molecular weight is 393 g/mol. The van der Waals surface area contributed by atoms with E-state index in [1.807, 2.05) is 60.7 Å². The zero-order valence-electron chi connectivity index (χ0n) is 15.6. The van der Waals surface area contributed by atoms with Gasteiger partial charge in [0.25, 0.3) is 5.91 Å². The minimum Gasteiger partial charge on any atom is -0.342 e. The predicted molar refractivity (Wildman–Crippen MR) is 113 cm³/mol. The molecule has 0 spiro atoms. The Morgan fingerprint density at radius 1 is 1.04 bits per heavy atom. The highest BCUT2D eigenvalue weighted by molar-refractivity contribution is 6.30. The molecule has 142 valence electrons. The van der Waals surface area contributed by atoms with E-state index >= 15 is 0 Å². The van der Waals surface area contributed by atoms with Crippen LogP contribution in [0.2, 0.25) is 5.02 Å². The van der Waals surface area contributed by atoms with Crippen LogP contribution in [0.1, 0.15) is 18.9 Å². The number of benzene rings is 3. The van der Waals surface area contributed by atoms with Crippen LogP contribution in [-0.2, 0) is 16.0 Å². The third-order valence-electron chi connectivity index (χ3n) is 5.20. The Balaban J connectivity index is 1.76. The molecule has 0 radical (unpaired) electrons. The van der Waals surface area contributed by atoms with E-state index < -0.39 is 5.54 Å². The lowest BCUT2D eigenvalue weighted by Crippen LogP contribution is -2.56. The molecule has 1 aliphatic heterocycles. The molecule has 0 saturated carbocycles. The van der Waals surface area contributed by atoms with Gasteiger partial charge in [-0.25, -0.2) is 0 Å². The SMILES string of the molecule is C[C@@]1(Cc2cccc(Cl)c2)NC(=O)CCN(c2cccc3ccccc23)C1=O. The first-order valence-electron chi connectivity index (χ1n) is 9.31. The number of halogens is 1. The lowest BCUT2D eigenvalue weighted by atomic mass is 9.91. The molecule has 3 aromatic carbocycles. The van der Waals surface area contributed by atoms with Crippen molar-refractivity contribution in [3.05, 3.63) is 77.3 Å². The molecule has 2 amide bonds. The van der Waals surface area contributed by atoms with E-state index in [-0.39, 0.29) is 18.2 Å². The van der Waals surface area contributed by atoms with Crippen molar-refractivity contribution in [1.82, 2.24) is 5.32 Å². The molecule has 1 saturated heterocycles. The summed E-state index contributed by atoms with van der Waals surface area (Å²) in [6.45, 7) is 2.14. The van der Waals surface area contributed by atoms with Crippen molar-refractivity contribution in [3.63, 3.8) is 0 Å². The highest BCUT2D eigenvalue weighted by Gasteiger charge is 2.41. The van der Waals surface area contributed by atoms with E-state index in [0.717, 1.165) is 22.0 Å². The van der Waals surface area contributed by atoms with Crippen molar-refractivity contribution in [2.24, 2.45) is 0 Å². The summed E-state index contributed by atoms with van der Waals surface area (Å²) in [5.74, 6) is -0.240. The third kappa shape index (κ3) is 3.48. The standard InChI is InChI=1S/C23H21ClN2O2/c1-23(15-16-6-4-9-18(24)14-16)22(28)26(13-12-21(27)25-23)20-11-5-8-17-7-2-3-10-19(17)20/h2-11,14H,12-13,15H2,1H3,(H,25,27)/t23-/m0/s1. The van der Waals surface area contributed by atoms with Crippen molar-refractivity contribution in [2.75, 3.05) is 11.4 Å². The first kappa shape index (κ1) is 18.5. The van der Waals surface area contributed by atoms with Gasteiger partial charge in [-0.15, -0.1) is 0 Å². The van der Waals surface area contributed by atoms with E-state index in [1.54, 1.807) is 17.9 Å². The number of carbonyl (C=O) groups is 2. The lowest BCUT2D eigenvalue weighted by Gasteiger charge is -2.33. The number of amides is 2. The summed E-state index contributed by atoms with van der Waals surface area (Å²) in [7, 11) is 0. The largest absolute Gasteiger partial charge is 0.342 e. The number of fused-ring (bicyclic) bond motifs is 1. The van der Waals surface area contributed by atoms with Gasteiger partial charge < -0.3 is 10.2 Å². The molecule has 1 atom stereocenters. The van der Waals surface area contributed by atoms with Crippen molar-refractivity contribution in [3.8, 4) is 0 Å². The Morgan fingerprint density at radius 2 is 1.79 bits per heavy atom. The zero-order valence-corrected chi connectivity index (χ0v) is 16.4. The molecule has 0 aliphatic carbocycles. The molecule has 5 heteroatoms. The maximum Gasteiger partial charge on any atom is 0.252 e. The second-order valence-electron chi connectivity index (χ2n) is 7.39. The maximum absolute atomic E-state index is 13.6. The van der Waals surface area contributed by atoms with E-state index in [1.165, 1.54) is 0 Å². The molecule has 0 bridgehead atoms. The minimum absolute atomic E-state index is 0.116. The van der Waals surface area contributed by atoms with Crippen LogP contribution >= 0.6 is 11.6 Å². The number of hydrogen-bond donors (Lipinski definition) is 1. The molecule has 3 aromatic rings. The fraction of sp³-hybridized carbons (Fsp3) is 0.217. The van der Waals surface area contributed by atoms with Crippen LogP contribution in [0.3, 0.4) is 0 Å². The molecule has 0 unspecified atom stereocenters. The Bertz CT molecular complexity index is 1060. The van der Waals surface area contributed by atoms with E-state index in [9.17, 15) is 9.59 Å². The first-order chi connectivity index (χ1) is 13.5. The van der Waals surface area contributed by atoms with Crippen molar-refractivity contribution >= 4 is 39.9 Å². The van der Waals surface area contributed by atoms with Crippen molar-refractivity contribution < 1.29 is 9.59 Å². The van der Waals surface area contributed by atoms with Gasteiger partial charge in [-0.3, -0.25) is 9.59 Å². The molecule has 1 N–H and O–H groups in total. The molecule has 1 fully saturated rings. The number of nitrogens with one attached hydrogen (secondary N) is 1. The number of rotatable bonds is 3. The average Bonchev–Trinajstić information content (AvgIpc) is 2.78. The van der Waals surface area contributed by atoms with Gasteiger partial charge in [-0.1, -0.05) is 60.1 Å². The summed E-state index contributed by atoms with van der Waals surface area (Å²) in [4.78, 5) is 27.8. The Labute approximate surface area is 169 Å².